The number of tetrazole rings is 1. The molecule has 0 saturated heterocycles. The highest BCUT2D eigenvalue weighted by molar-refractivity contribution is 5.61. The summed E-state index contributed by atoms with van der Waals surface area (Å²) in [6.45, 7) is 0. The van der Waals surface area contributed by atoms with Gasteiger partial charge in [0.15, 0.2) is 0 Å². The highest BCUT2D eigenvalue weighted by Crippen LogP contribution is 2.33. The van der Waals surface area contributed by atoms with Crippen molar-refractivity contribution < 1.29 is 0 Å². The Kier molecular flexibility index (Phi) is 2.85. The Morgan fingerprint density at radius 3 is 3.00 bits per heavy atom. The minimum Gasteiger partial charge on any atom is -0.375 e. The number of rotatable bonds is 3. The first kappa shape index (κ1) is 12.0. The van der Waals surface area contributed by atoms with Crippen molar-refractivity contribution in [3.63, 3.8) is 0 Å². The fourth-order valence-electron chi connectivity index (χ4n) is 2.81. The van der Waals surface area contributed by atoms with Crippen LogP contribution in [0, 0.1) is 0 Å². The minimum atomic E-state index is 0.235. The van der Waals surface area contributed by atoms with Crippen molar-refractivity contribution in [3.8, 4) is 5.69 Å². The standard InChI is InChI=1S/C15H14N6/c1-2-6-14(21-10-17-19-20-21)12(5-1)18-13-8-7-11-4-3-9-16-15(11)13/h1-6,9-10,13,18H,7-8H2. The molecule has 21 heavy (non-hydrogen) atoms. The number of fused-ring (bicyclic) bond motifs is 1. The Morgan fingerprint density at radius 2 is 2.10 bits per heavy atom. The van der Waals surface area contributed by atoms with Gasteiger partial charge in [0.1, 0.15) is 6.33 Å². The second kappa shape index (κ2) is 4.97. The molecule has 1 aliphatic carbocycles. The van der Waals surface area contributed by atoms with E-state index in [1.165, 1.54) is 5.56 Å². The number of hydrogen-bond acceptors (Lipinski definition) is 5. The lowest BCUT2D eigenvalue weighted by Gasteiger charge is -2.17. The lowest BCUT2D eigenvalue weighted by Crippen LogP contribution is -2.11. The van der Waals surface area contributed by atoms with Gasteiger partial charge in [-0.2, -0.15) is 4.68 Å². The molecule has 104 valence electrons. The van der Waals surface area contributed by atoms with Gasteiger partial charge in [-0.15, -0.1) is 5.10 Å². The van der Waals surface area contributed by atoms with Crippen molar-refractivity contribution in [2.45, 2.75) is 18.9 Å². The molecule has 0 spiro atoms. The van der Waals surface area contributed by atoms with Crippen LogP contribution in [0.2, 0.25) is 0 Å². The number of para-hydroxylation sites is 2. The Labute approximate surface area is 121 Å². The molecule has 0 aliphatic heterocycles. The van der Waals surface area contributed by atoms with Crippen molar-refractivity contribution in [2.24, 2.45) is 0 Å². The molecule has 3 aromatic rings. The largest absolute Gasteiger partial charge is 0.375 e. The first-order valence-electron chi connectivity index (χ1n) is 6.94. The summed E-state index contributed by atoms with van der Waals surface area (Å²) in [5.41, 5.74) is 4.42. The number of benzene rings is 1. The normalized spacial score (nSPS) is 16.7. The third-order valence-electron chi connectivity index (χ3n) is 3.79. The van der Waals surface area contributed by atoms with Gasteiger partial charge < -0.3 is 5.32 Å². The molecule has 0 fully saturated rings. The van der Waals surface area contributed by atoms with E-state index in [4.69, 9.17) is 0 Å². The van der Waals surface area contributed by atoms with E-state index in [2.05, 4.69) is 31.9 Å². The summed E-state index contributed by atoms with van der Waals surface area (Å²) in [4.78, 5) is 4.52. The van der Waals surface area contributed by atoms with Crippen LogP contribution in [-0.2, 0) is 6.42 Å². The van der Waals surface area contributed by atoms with Crippen LogP contribution in [0.1, 0.15) is 23.7 Å². The molecule has 4 rings (SSSR count). The van der Waals surface area contributed by atoms with Crippen molar-refractivity contribution in [1.82, 2.24) is 25.2 Å². The third kappa shape index (κ3) is 2.14. The van der Waals surface area contributed by atoms with Crippen LogP contribution in [0.5, 0.6) is 0 Å². The fraction of sp³-hybridized carbons (Fsp3) is 0.200. The van der Waals surface area contributed by atoms with Crippen molar-refractivity contribution >= 4 is 5.69 Å². The number of hydrogen-bond donors (Lipinski definition) is 1. The van der Waals surface area contributed by atoms with Crippen LogP contribution in [-0.4, -0.2) is 25.2 Å². The summed E-state index contributed by atoms with van der Waals surface area (Å²) in [7, 11) is 0. The molecule has 1 atom stereocenters. The van der Waals surface area contributed by atoms with E-state index in [9.17, 15) is 0 Å². The predicted octanol–water partition coefficient (Wildman–Crippen LogP) is 2.16. The summed E-state index contributed by atoms with van der Waals surface area (Å²) in [5.74, 6) is 0. The number of pyridine rings is 1. The Bertz CT molecular complexity index is 752. The van der Waals surface area contributed by atoms with Gasteiger partial charge in [-0.05, 0) is 47.0 Å². The summed E-state index contributed by atoms with van der Waals surface area (Å²) in [6, 6.07) is 12.4. The zero-order valence-electron chi connectivity index (χ0n) is 11.3. The Morgan fingerprint density at radius 1 is 1.14 bits per heavy atom. The average molecular weight is 278 g/mol. The lowest BCUT2D eigenvalue weighted by molar-refractivity contribution is 0.739. The maximum absolute atomic E-state index is 4.52. The maximum atomic E-state index is 4.52. The number of anilines is 1. The van der Waals surface area contributed by atoms with Crippen LogP contribution >= 0.6 is 0 Å². The molecule has 1 aliphatic rings. The predicted molar refractivity (Wildman–Crippen MR) is 78.1 cm³/mol. The number of nitrogens with one attached hydrogen (secondary N) is 1. The summed E-state index contributed by atoms with van der Waals surface area (Å²) >= 11 is 0. The molecule has 6 nitrogen and oxygen atoms in total. The van der Waals surface area contributed by atoms with E-state index >= 15 is 0 Å². The molecule has 0 saturated carbocycles. The Hall–Kier alpha value is -2.76. The molecule has 2 heterocycles. The van der Waals surface area contributed by atoms with Gasteiger partial charge >= 0.3 is 0 Å². The zero-order chi connectivity index (χ0) is 14.1. The smallest absolute Gasteiger partial charge is 0.143 e. The molecular formula is C15H14N6. The van der Waals surface area contributed by atoms with Crippen LogP contribution in [0.25, 0.3) is 5.69 Å². The molecule has 1 aromatic carbocycles. The average Bonchev–Trinajstić information content (AvgIpc) is 3.18. The highest BCUT2D eigenvalue weighted by atomic mass is 15.5. The van der Waals surface area contributed by atoms with E-state index in [-0.39, 0.29) is 6.04 Å². The SMILES string of the molecule is c1cnc2c(c1)CCC2Nc1ccccc1-n1cnnn1. The van der Waals surface area contributed by atoms with Gasteiger partial charge in [-0.25, -0.2) is 0 Å². The fourth-order valence-corrected chi connectivity index (χ4v) is 2.81. The van der Waals surface area contributed by atoms with Gasteiger partial charge in [0, 0.05) is 6.20 Å². The van der Waals surface area contributed by atoms with Gasteiger partial charge in [0.2, 0.25) is 0 Å². The maximum Gasteiger partial charge on any atom is 0.143 e. The van der Waals surface area contributed by atoms with E-state index in [0.29, 0.717) is 0 Å². The molecular weight excluding hydrogens is 264 g/mol. The van der Waals surface area contributed by atoms with Gasteiger partial charge in [-0.3, -0.25) is 4.98 Å². The molecule has 1 N–H and O–H groups in total. The molecule has 0 radical (unpaired) electrons. The topological polar surface area (TPSA) is 68.5 Å². The number of nitrogens with zero attached hydrogens (tertiary/aromatic N) is 5. The summed E-state index contributed by atoms with van der Waals surface area (Å²) in [6.07, 6.45) is 5.57. The molecule has 2 aromatic heterocycles. The lowest BCUT2D eigenvalue weighted by atomic mass is 10.2. The summed E-state index contributed by atoms with van der Waals surface area (Å²) < 4.78 is 1.66. The second-order valence-corrected chi connectivity index (χ2v) is 5.05. The van der Waals surface area contributed by atoms with E-state index < -0.39 is 0 Å². The van der Waals surface area contributed by atoms with Crippen molar-refractivity contribution in [2.75, 3.05) is 5.32 Å². The number of aryl methyl sites for hydroxylation is 1. The van der Waals surface area contributed by atoms with E-state index in [1.54, 1.807) is 11.0 Å². The van der Waals surface area contributed by atoms with Gasteiger partial charge in [0.05, 0.1) is 23.1 Å². The van der Waals surface area contributed by atoms with E-state index in [1.807, 2.05) is 36.5 Å². The summed E-state index contributed by atoms with van der Waals surface area (Å²) in [5, 5.41) is 14.9. The monoisotopic (exact) mass is 278 g/mol. The highest BCUT2D eigenvalue weighted by Gasteiger charge is 2.24. The first-order valence-corrected chi connectivity index (χ1v) is 6.94. The van der Waals surface area contributed by atoms with Crippen LogP contribution < -0.4 is 5.32 Å². The molecule has 1 unspecified atom stereocenters. The van der Waals surface area contributed by atoms with Gasteiger partial charge in [0.25, 0.3) is 0 Å². The van der Waals surface area contributed by atoms with Crippen LogP contribution in [0.15, 0.2) is 48.9 Å². The van der Waals surface area contributed by atoms with Crippen LogP contribution in [0.3, 0.4) is 0 Å². The second-order valence-electron chi connectivity index (χ2n) is 5.05. The van der Waals surface area contributed by atoms with Crippen molar-refractivity contribution in [3.05, 3.63) is 60.2 Å². The third-order valence-corrected chi connectivity index (χ3v) is 3.79. The molecule has 6 heteroatoms. The quantitative estimate of drug-likeness (QED) is 0.795. The zero-order valence-corrected chi connectivity index (χ0v) is 11.3. The molecule has 0 bridgehead atoms. The molecule has 0 amide bonds. The number of aromatic nitrogens is 5. The van der Waals surface area contributed by atoms with E-state index in [0.717, 1.165) is 29.9 Å². The van der Waals surface area contributed by atoms with Crippen LogP contribution in [0.4, 0.5) is 5.69 Å². The van der Waals surface area contributed by atoms with Crippen molar-refractivity contribution in [1.29, 1.82) is 0 Å². The Balaban J connectivity index is 1.67. The minimum absolute atomic E-state index is 0.235. The first-order chi connectivity index (χ1) is 10.4. The van der Waals surface area contributed by atoms with Gasteiger partial charge in [-0.1, -0.05) is 18.2 Å².